The van der Waals surface area contributed by atoms with Crippen molar-refractivity contribution in [1.29, 1.82) is 0 Å². The monoisotopic (exact) mass is 571 g/mol. The number of carboxylic acids is 1. The van der Waals surface area contributed by atoms with Crippen molar-refractivity contribution in [2.24, 2.45) is 5.73 Å². The number of benzene rings is 3. The molecule has 2 unspecified atom stereocenters. The van der Waals surface area contributed by atoms with Crippen LogP contribution in [0.15, 0.2) is 66.7 Å². The summed E-state index contributed by atoms with van der Waals surface area (Å²) in [6, 6.07) is 17.1. The topological polar surface area (TPSA) is 205 Å². The summed E-state index contributed by atoms with van der Waals surface area (Å²) in [6.45, 7) is 1.21. The standard InChI is InChI=1S/C27H30N3O9P/c1-17(31)29-23(15-18-9-11-21(12-10-18)39-40(36,37)38)25(34)30-27(26(28)35,14-13-24(32)33)16-20-7-4-6-19-5-2-3-8-22(19)20/h2-12,23H,13-16H2,1H3,(H2,28,35)(H,29,31)(H,30,34)(H,32,33)(H2,36,37,38). The van der Waals surface area contributed by atoms with Gasteiger partial charge in [0, 0.05) is 26.2 Å². The molecule has 0 heterocycles. The molecule has 12 nitrogen and oxygen atoms in total. The molecule has 7 N–H and O–H groups in total. The van der Waals surface area contributed by atoms with Crippen molar-refractivity contribution >= 4 is 42.3 Å². The Morgan fingerprint density at radius 2 is 1.65 bits per heavy atom. The summed E-state index contributed by atoms with van der Waals surface area (Å²) in [5, 5.41) is 16.2. The summed E-state index contributed by atoms with van der Waals surface area (Å²) in [6.07, 6.45) is -0.915. The van der Waals surface area contributed by atoms with Crippen LogP contribution in [0.3, 0.4) is 0 Å². The lowest BCUT2D eigenvalue weighted by Gasteiger charge is -2.34. The second-order valence-corrected chi connectivity index (χ2v) is 10.5. The van der Waals surface area contributed by atoms with E-state index in [0.717, 1.165) is 10.8 Å². The largest absolute Gasteiger partial charge is 0.524 e. The van der Waals surface area contributed by atoms with E-state index in [2.05, 4.69) is 15.2 Å². The highest BCUT2D eigenvalue weighted by molar-refractivity contribution is 7.46. The number of primary amides is 1. The van der Waals surface area contributed by atoms with Crippen LogP contribution in [0.2, 0.25) is 0 Å². The molecule has 0 spiro atoms. The normalized spacial score (nSPS) is 13.6. The van der Waals surface area contributed by atoms with Gasteiger partial charge < -0.3 is 26.0 Å². The number of hydrogen-bond donors (Lipinski definition) is 6. The highest BCUT2D eigenvalue weighted by atomic mass is 31.2. The Morgan fingerprint density at radius 3 is 2.25 bits per heavy atom. The Bertz CT molecular complexity index is 1450. The van der Waals surface area contributed by atoms with Crippen LogP contribution in [0, 0.1) is 0 Å². The number of carboxylic acid groups (broad SMARTS) is 1. The summed E-state index contributed by atoms with van der Waals surface area (Å²) < 4.78 is 15.6. The van der Waals surface area contributed by atoms with Gasteiger partial charge in [-0.25, -0.2) is 4.57 Å². The van der Waals surface area contributed by atoms with Gasteiger partial charge in [-0.15, -0.1) is 0 Å². The lowest BCUT2D eigenvalue weighted by Crippen LogP contribution is -2.63. The first-order valence-electron chi connectivity index (χ1n) is 12.2. The molecule has 0 bridgehead atoms. The first-order chi connectivity index (χ1) is 18.8. The fourth-order valence-electron chi connectivity index (χ4n) is 4.40. The number of phosphoric acid groups is 1. The molecule has 0 aliphatic rings. The molecule has 0 aliphatic heterocycles. The molecular weight excluding hydrogens is 541 g/mol. The van der Waals surface area contributed by atoms with E-state index in [1.807, 2.05) is 30.3 Å². The Balaban J connectivity index is 1.93. The molecule has 2 atom stereocenters. The van der Waals surface area contributed by atoms with Gasteiger partial charge in [0.15, 0.2) is 0 Å². The van der Waals surface area contributed by atoms with Crippen molar-refractivity contribution in [2.45, 2.75) is 44.2 Å². The number of amides is 3. The molecule has 3 rings (SSSR count). The maximum Gasteiger partial charge on any atom is 0.524 e. The number of carbonyl (C=O) groups is 4. The zero-order chi connectivity index (χ0) is 29.5. The summed E-state index contributed by atoms with van der Waals surface area (Å²) in [5.74, 6) is -3.53. The van der Waals surface area contributed by atoms with Crippen LogP contribution < -0.4 is 20.9 Å². The van der Waals surface area contributed by atoms with Gasteiger partial charge in [0.05, 0.1) is 0 Å². The zero-order valence-corrected chi connectivity index (χ0v) is 22.5. The molecule has 13 heteroatoms. The van der Waals surface area contributed by atoms with Crippen molar-refractivity contribution in [1.82, 2.24) is 10.6 Å². The number of carbonyl (C=O) groups excluding carboxylic acids is 3. The first-order valence-corrected chi connectivity index (χ1v) is 13.7. The van der Waals surface area contributed by atoms with Crippen LogP contribution in [-0.2, 0) is 36.6 Å². The van der Waals surface area contributed by atoms with Crippen LogP contribution in [-0.4, -0.2) is 50.2 Å². The molecule has 212 valence electrons. The molecule has 0 aromatic heterocycles. The average molecular weight is 572 g/mol. The van der Waals surface area contributed by atoms with Crippen LogP contribution in [0.4, 0.5) is 0 Å². The first kappa shape index (κ1) is 30.3. The second-order valence-electron chi connectivity index (χ2n) is 9.33. The fourth-order valence-corrected chi connectivity index (χ4v) is 4.79. The van der Waals surface area contributed by atoms with Crippen molar-refractivity contribution in [2.75, 3.05) is 0 Å². The minimum absolute atomic E-state index is 0.0658. The van der Waals surface area contributed by atoms with Crippen molar-refractivity contribution in [3.05, 3.63) is 77.9 Å². The maximum atomic E-state index is 13.5. The summed E-state index contributed by atoms with van der Waals surface area (Å²) >= 11 is 0. The number of fused-ring (bicyclic) bond motifs is 1. The van der Waals surface area contributed by atoms with E-state index in [-0.39, 0.29) is 25.0 Å². The van der Waals surface area contributed by atoms with E-state index in [0.29, 0.717) is 11.1 Å². The summed E-state index contributed by atoms with van der Waals surface area (Å²) in [7, 11) is -4.76. The van der Waals surface area contributed by atoms with E-state index in [9.17, 15) is 28.8 Å². The SMILES string of the molecule is CC(=O)NC(Cc1ccc(OP(=O)(O)O)cc1)C(=O)NC(CCC(=O)O)(Cc1cccc2ccccc12)C(N)=O. The number of rotatable bonds is 13. The van der Waals surface area contributed by atoms with E-state index < -0.39 is 49.5 Å². The van der Waals surface area contributed by atoms with Gasteiger partial charge in [0.1, 0.15) is 17.3 Å². The van der Waals surface area contributed by atoms with Gasteiger partial charge in [-0.2, -0.15) is 0 Å². The van der Waals surface area contributed by atoms with Gasteiger partial charge >= 0.3 is 13.8 Å². The summed E-state index contributed by atoms with van der Waals surface area (Å²) in [5.41, 5.74) is 5.18. The van der Waals surface area contributed by atoms with Gasteiger partial charge in [0.25, 0.3) is 0 Å². The van der Waals surface area contributed by atoms with Crippen molar-refractivity contribution in [3.63, 3.8) is 0 Å². The highest BCUT2D eigenvalue weighted by Crippen LogP contribution is 2.37. The molecule has 40 heavy (non-hydrogen) atoms. The highest BCUT2D eigenvalue weighted by Gasteiger charge is 2.40. The fraction of sp³-hybridized carbons (Fsp3) is 0.259. The van der Waals surface area contributed by atoms with E-state index in [1.54, 1.807) is 12.1 Å². The second kappa shape index (κ2) is 12.7. The molecule has 0 saturated carbocycles. The Morgan fingerprint density at radius 1 is 1.00 bits per heavy atom. The van der Waals surface area contributed by atoms with Gasteiger partial charge in [-0.05, 0) is 40.5 Å². The van der Waals surface area contributed by atoms with Gasteiger partial charge in [0.2, 0.25) is 17.7 Å². The van der Waals surface area contributed by atoms with Crippen molar-refractivity contribution in [3.8, 4) is 5.75 Å². The number of hydrogen-bond acceptors (Lipinski definition) is 6. The smallest absolute Gasteiger partial charge is 0.481 e. The summed E-state index contributed by atoms with van der Waals surface area (Å²) in [4.78, 5) is 67.8. The molecule has 0 saturated heterocycles. The number of nitrogens with one attached hydrogen (secondary N) is 2. The van der Waals surface area contributed by atoms with E-state index in [4.69, 9.17) is 15.5 Å². The average Bonchev–Trinajstić information content (AvgIpc) is 2.87. The lowest BCUT2D eigenvalue weighted by atomic mass is 9.83. The minimum Gasteiger partial charge on any atom is -0.481 e. The van der Waals surface area contributed by atoms with E-state index >= 15 is 0 Å². The predicted molar refractivity (Wildman–Crippen MR) is 145 cm³/mol. The van der Waals surface area contributed by atoms with E-state index in [1.165, 1.54) is 31.2 Å². The van der Waals surface area contributed by atoms with Crippen LogP contribution in [0.5, 0.6) is 5.75 Å². The molecular formula is C27H30N3O9P. The van der Waals surface area contributed by atoms with Crippen LogP contribution in [0.25, 0.3) is 10.8 Å². The zero-order valence-electron chi connectivity index (χ0n) is 21.6. The van der Waals surface area contributed by atoms with Crippen LogP contribution >= 0.6 is 7.82 Å². The molecule has 3 amide bonds. The molecule has 0 radical (unpaired) electrons. The minimum atomic E-state index is -4.76. The molecule has 0 fully saturated rings. The predicted octanol–water partition coefficient (Wildman–Crippen LogP) is 1.81. The Hall–Kier alpha value is -4.25. The third-order valence-corrected chi connectivity index (χ3v) is 6.70. The quantitative estimate of drug-likeness (QED) is 0.165. The van der Waals surface area contributed by atoms with Gasteiger partial charge in [-0.3, -0.25) is 29.0 Å². The third kappa shape index (κ3) is 8.37. The molecule has 3 aromatic carbocycles. The molecule has 0 aliphatic carbocycles. The Kier molecular flexibility index (Phi) is 9.65. The molecule has 3 aromatic rings. The number of nitrogens with two attached hydrogens (primary N) is 1. The number of aliphatic carboxylic acids is 1. The Labute approximate surface area is 229 Å². The third-order valence-electron chi connectivity index (χ3n) is 6.25. The number of phosphoric ester groups is 1. The lowest BCUT2D eigenvalue weighted by molar-refractivity contribution is -0.139. The van der Waals surface area contributed by atoms with Crippen molar-refractivity contribution < 1.29 is 43.2 Å². The van der Waals surface area contributed by atoms with Gasteiger partial charge in [-0.1, -0.05) is 54.6 Å². The van der Waals surface area contributed by atoms with Crippen LogP contribution in [0.1, 0.15) is 30.9 Å². The maximum absolute atomic E-state index is 13.5.